The van der Waals surface area contributed by atoms with Crippen molar-refractivity contribution in [2.24, 2.45) is 0 Å². The van der Waals surface area contributed by atoms with Crippen molar-refractivity contribution in [1.82, 2.24) is 0 Å². The number of aryl methyl sites for hydroxylation is 2. The van der Waals surface area contributed by atoms with E-state index >= 15 is 0 Å². The van der Waals surface area contributed by atoms with Crippen LogP contribution >= 0.6 is 0 Å². The average molecular weight is 294 g/mol. The van der Waals surface area contributed by atoms with Crippen LogP contribution < -0.4 is 4.18 Å². The Labute approximate surface area is 118 Å². The van der Waals surface area contributed by atoms with Crippen molar-refractivity contribution in [2.45, 2.75) is 25.7 Å². The monoisotopic (exact) mass is 294 g/mol. The van der Waals surface area contributed by atoms with E-state index in [4.69, 9.17) is 4.18 Å². The Morgan fingerprint density at radius 2 is 1.55 bits per heavy atom. The van der Waals surface area contributed by atoms with Crippen LogP contribution in [0.4, 0.5) is 4.39 Å². The topological polar surface area (TPSA) is 43.4 Å². The van der Waals surface area contributed by atoms with E-state index in [2.05, 4.69) is 0 Å². The molecule has 0 aromatic heterocycles. The Balaban J connectivity index is 2.50. The molecule has 3 nitrogen and oxygen atoms in total. The highest BCUT2D eigenvalue weighted by Crippen LogP contribution is 2.29. The van der Waals surface area contributed by atoms with Gasteiger partial charge in [-0.3, -0.25) is 0 Å². The summed E-state index contributed by atoms with van der Waals surface area (Å²) in [6.45, 7) is 5.38. The molecule has 0 spiro atoms. The van der Waals surface area contributed by atoms with E-state index in [1.54, 1.807) is 19.9 Å². The Kier molecular flexibility index (Phi) is 3.81. The number of hydrogen-bond acceptors (Lipinski definition) is 3. The molecule has 0 aliphatic heterocycles. The summed E-state index contributed by atoms with van der Waals surface area (Å²) in [6, 6.07) is 8.81. The summed E-state index contributed by atoms with van der Waals surface area (Å²) in [5.41, 5.74) is 2.33. The summed E-state index contributed by atoms with van der Waals surface area (Å²) in [5, 5.41) is 0. The molecule has 0 fully saturated rings. The fourth-order valence-electron chi connectivity index (χ4n) is 1.86. The summed E-state index contributed by atoms with van der Waals surface area (Å²) in [7, 11) is -4.18. The van der Waals surface area contributed by atoms with Crippen LogP contribution in [0, 0.1) is 26.6 Å². The second kappa shape index (κ2) is 5.25. The van der Waals surface area contributed by atoms with E-state index in [0.29, 0.717) is 5.56 Å². The molecule has 0 bridgehead atoms. The van der Waals surface area contributed by atoms with Gasteiger partial charge in [0.2, 0.25) is 0 Å². The molecule has 0 atom stereocenters. The second-order valence-electron chi connectivity index (χ2n) is 4.62. The predicted octanol–water partition coefficient (Wildman–Crippen LogP) is 3.52. The molecule has 2 aromatic carbocycles. The summed E-state index contributed by atoms with van der Waals surface area (Å²) >= 11 is 0. The third kappa shape index (κ3) is 2.67. The van der Waals surface area contributed by atoms with E-state index < -0.39 is 20.8 Å². The Morgan fingerprint density at radius 3 is 2.20 bits per heavy atom. The van der Waals surface area contributed by atoms with Crippen molar-refractivity contribution in [3.63, 3.8) is 0 Å². The maximum atomic E-state index is 13.6. The zero-order valence-electron chi connectivity index (χ0n) is 11.5. The van der Waals surface area contributed by atoms with Gasteiger partial charge in [0, 0.05) is 0 Å². The van der Waals surface area contributed by atoms with Crippen molar-refractivity contribution in [3.8, 4) is 5.75 Å². The minimum absolute atomic E-state index is 0.258. The molecule has 2 aromatic rings. The van der Waals surface area contributed by atoms with Crippen molar-refractivity contribution < 1.29 is 17.0 Å². The van der Waals surface area contributed by atoms with Crippen molar-refractivity contribution in [1.29, 1.82) is 0 Å². The Morgan fingerprint density at radius 1 is 0.950 bits per heavy atom. The molecule has 0 aliphatic carbocycles. The van der Waals surface area contributed by atoms with Gasteiger partial charge in [0.05, 0.1) is 0 Å². The zero-order chi connectivity index (χ0) is 14.9. The molecule has 0 aliphatic rings. The fraction of sp³-hybridized carbons (Fsp3) is 0.200. The summed E-state index contributed by atoms with van der Waals surface area (Å²) in [6.07, 6.45) is 0. The minimum atomic E-state index is -4.18. The smallest absolute Gasteiger partial charge is 0.342 e. The number of benzene rings is 2. The molecule has 5 heteroatoms. The summed E-state index contributed by atoms with van der Waals surface area (Å²) < 4.78 is 43.1. The largest absolute Gasteiger partial charge is 0.378 e. The molecule has 0 saturated heterocycles. The van der Waals surface area contributed by atoms with E-state index in [1.807, 2.05) is 13.0 Å². The highest BCUT2D eigenvalue weighted by atomic mass is 32.2. The maximum Gasteiger partial charge on any atom is 0.342 e. The lowest BCUT2D eigenvalue weighted by Crippen LogP contribution is -2.13. The lowest BCUT2D eigenvalue weighted by molar-refractivity contribution is 0.473. The molecule has 0 heterocycles. The first-order chi connectivity index (χ1) is 9.33. The van der Waals surface area contributed by atoms with Crippen LogP contribution in [0.5, 0.6) is 5.75 Å². The molecule has 0 unspecified atom stereocenters. The van der Waals surface area contributed by atoms with Gasteiger partial charge in [0.1, 0.15) is 16.5 Å². The van der Waals surface area contributed by atoms with E-state index in [9.17, 15) is 12.8 Å². The van der Waals surface area contributed by atoms with Crippen molar-refractivity contribution >= 4 is 10.1 Å². The quantitative estimate of drug-likeness (QED) is 0.813. The number of halogens is 1. The van der Waals surface area contributed by atoms with Gasteiger partial charge in [-0.05, 0) is 49.6 Å². The number of hydrogen-bond donors (Lipinski definition) is 0. The molecule has 2 rings (SSSR count). The van der Waals surface area contributed by atoms with Gasteiger partial charge in [-0.1, -0.05) is 24.3 Å². The van der Waals surface area contributed by atoms with Crippen LogP contribution in [0.3, 0.4) is 0 Å². The first-order valence-corrected chi connectivity index (χ1v) is 7.49. The van der Waals surface area contributed by atoms with Crippen LogP contribution in [-0.2, 0) is 10.1 Å². The molecule has 0 amide bonds. The average Bonchev–Trinajstić information content (AvgIpc) is 2.39. The zero-order valence-corrected chi connectivity index (χ0v) is 12.3. The molecular weight excluding hydrogens is 279 g/mol. The molecular formula is C15H15FO3S. The standard InChI is InChI=1S/C15H15FO3S/c1-10-8-9-11(2)15(12(10)3)19-20(17,18)14-7-5-4-6-13(14)16/h4-9H,1-3H3. The molecule has 0 radical (unpaired) electrons. The lowest BCUT2D eigenvalue weighted by Gasteiger charge is -2.14. The van der Waals surface area contributed by atoms with Crippen molar-refractivity contribution in [3.05, 3.63) is 58.9 Å². The van der Waals surface area contributed by atoms with Crippen LogP contribution in [0.1, 0.15) is 16.7 Å². The van der Waals surface area contributed by atoms with E-state index in [1.165, 1.54) is 18.2 Å². The Hall–Kier alpha value is -1.88. The highest BCUT2D eigenvalue weighted by molar-refractivity contribution is 7.87. The highest BCUT2D eigenvalue weighted by Gasteiger charge is 2.22. The third-order valence-electron chi connectivity index (χ3n) is 3.17. The first-order valence-electron chi connectivity index (χ1n) is 6.09. The fourth-order valence-corrected chi connectivity index (χ4v) is 2.97. The SMILES string of the molecule is Cc1ccc(C)c(OS(=O)(=O)c2ccccc2F)c1C. The van der Waals surface area contributed by atoms with Gasteiger partial charge in [0.15, 0.2) is 0 Å². The van der Waals surface area contributed by atoms with E-state index in [-0.39, 0.29) is 5.75 Å². The van der Waals surface area contributed by atoms with Gasteiger partial charge in [0.25, 0.3) is 0 Å². The normalized spacial score (nSPS) is 11.4. The van der Waals surface area contributed by atoms with Crippen LogP contribution in [-0.4, -0.2) is 8.42 Å². The van der Waals surface area contributed by atoms with Crippen LogP contribution in [0.2, 0.25) is 0 Å². The van der Waals surface area contributed by atoms with Crippen LogP contribution in [0.15, 0.2) is 41.3 Å². The van der Waals surface area contributed by atoms with Gasteiger partial charge in [-0.15, -0.1) is 0 Å². The maximum absolute atomic E-state index is 13.6. The molecule has 106 valence electrons. The van der Waals surface area contributed by atoms with Gasteiger partial charge >= 0.3 is 10.1 Å². The van der Waals surface area contributed by atoms with Crippen molar-refractivity contribution in [2.75, 3.05) is 0 Å². The molecule has 20 heavy (non-hydrogen) atoms. The van der Waals surface area contributed by atoms with Crippen LogP contribution in [0.25, 0.3) is 0 Å². The predicted molar refractivity (Wildman–Crippen MR) is 74.9 cm³/mol. The molecule has 0 saturated carbocycles. The van der Waals surface area contributed by atoms with E-state index in [0.717, 1.165) is 17.2 Å². The second-order valence-corrected chi connectivity index (χ2v) is 6.14. The van der Waals surface area contributed by atoms with Gasteiger partial charge in [-0.2, -0.15) is 8.42 Å². The lowest BCUT2D eigenvalue weighted by atomic mass is 10.1. The van der Waals surface area contributed by atoms with Gasteiger partial charge < -0.3 is 4.18 Å². The van der Waals surface area contributed by atoms with Gasteiger partial charge in [-0.25, -0.2) is 4.39 Å². The Bertz CT molecular complexity index is 752. The number of rotatable bonds is 3. The summed E-state index contributed by atoms with van der Waals surface area (Å²) in [4.78, 5) is -0.458. The molecule has 0 N–H and O–H groups in total. The minimum Gasteiger partial charge on any atom is -0.378 e. The summed E-state index contributed by atoms with van der Waals surface area (Å²) in [5.74, 6) is -0.566. The third-order valence-corrected chi connectivity index (χ3v) is 4.43. The first kappa shape index (κ1) is 14.5.